The van der Waals surface area contributed by atoms with Crippen LogP contribution in [0.5, 0.6) is 5.75 Å². The molecular weight excluding hydrogens is 377 g/mol. The highest BCUT2D eigenvalue weighted by Gasteiger charge is 2.28. The molecule has 0 saturated heterocycles. The predicted molar refractivity (Wildman–Crippen MR) is 104 cm³/mol. The largest absolute Gasteiger partial charge is 0.494 e. The van der Waals surface area contributed by atoms with E-state index in [4.69, 9.17) is 4.74 Å². The van der Waals surface area contributed by atoms with Gasteiger partial charge in [0.25, 0.3) is 5.56 Å². The molecule has 0 spiro atoms. The van der Waals surface area contributed by atoms with Crippen molar-refractivity contribution in [3.05, 3.63) is 51.8 Å². The van der Waals surface area contributed by atoms with Crippen LogP contribution in [0.1, 0.15) is 43.1 Å². The summed E-state index contributed by atoms with van der Waals surface area (Å²) in [6, 6.07) is 4.39. The first-order chi connectivity index (χ1) is 13.9. The van der Waals surface area contributed by atoms with Crippen LogP contribution in [0.2, 0.25) is 0 Å². The van der Waals surface area contributed by atoms with Gasteiger partial charge >= 0.3 is 0 Å². The molecule has 4 rings (SSSR count). The van der Waals surface area contributed by atoms with Crippen LogP contribution in [0.4, 0.5) is 4.39 Å². The standard InChI is InChI=1S/C20H22FN5O3/c1-11(13-4-7-17(29-3)15(21)8-13)23-18(27)10-25-20(28)19-12(2)24-26(14-5-6-14)16(19)9-22-25/h4,7-9,11,14H,5-6,10H2,1-3H3,(H,23,27). The van der Waals surface area contributed by atoms with E-state index in [1.165, 1.54) is 19.2 Å². The highest BCUT2D eigenvalue weighted by atomic mass is 19.1. The smallest absolute Gasteiger partial charge is 0.278 e. The first-order valence-corrected chi connectivity index (χ1v) is 9.46. The highest BCUT2D eigenvalue weighted by molar-refractivity contribution is 5.81. The molecule has 1 N–H and O–H groups in total. The summed E-state index contributed by atoms with van der Waals surface area (Å²) in [5.74, 6) is -0.758. The lowest BCUT2D eigenvalue weighted by atomic mass is 10.1. The lowest BCUT2D eigenvalue weighted by Crippen LogP contribution is -2.35. The Balaban J connectivity index is 1.51. The van der Waals surface area contributed by atoms with E-state index < -0.39 is 17.8 Å². The van der Waals surface area contributed by atoms with Crippen LogP contribution in [0, 0.1) is 12.7 Å². The third-order valence-electron chi connectivity index (χ3n) is 5.13. The Hall–Kier alpha value is -3.23. The number of benzene rings is 1. The Morgan fingerprint density at radius 1 is 1.41 bits per heavy atom. The van der Waals surface area contributed by atoms with Crippen molar-refractivity contribution in [2.24, 2.45) is 0 Å². The van der Waals surface area contributed by atoms with Crippen molar-refractivity contribution in [1.82, 2.24) is 24.9 Å². The summed E-state index contributed by atoms with van der Waals surface area (Å²) in [5.41, 5.74) is 1.59. The van der Waals surface area contributed by atoms with Crippen LogP contribution < -0.4 is 15.6 Å². The lowest BCUT2D eigenvalue weighted by molar-refractivity contribution is -0.122. The fourth-order valence-corrected chi connectivity index (χ4v) is 3.43. The van der Waals surface area contributed by atoms with E-state index in [1.807, 2.05) is 4.68 Å². The zero-order valence-electron chi connectivity index (χ0n) is 16.5. The van der Waals surface area contributed by atoms with Gasteiger partial charge in [-0.3, -0.25) is 14.3 Å². The Morgan fingerprint density at radius 2 is 2.17 bits per heavy atom. The Morgan fingerprint density at radius 3 is 2.83 bits per heavy atom. The summed E-state index contributed by atoms with van der Waals surface area (Å²) in [5, 5.41) is 11.9. The minimum atomic E-state index is -0.502. The molecule has 1 aliphatic rings. The Kier molecular flexibility index (Phi) is 4.81. The van der Waals surface area contributed by atoms with Gasteiger partial charge in [-0.25, -0.2) is 9.07 Å². The van der Waals surface area contributed by atoms with Crippen molar-refractivity contribution in [3.8, 4) is 5.75 Å². The van der Waals surface area contributed by atoms with Crippen LogP contribution in [0.3, 0.4) is 0 Å². The molecule has 1 unspecified atom stereocenters. The lowest BCUT2D eigenvalue weighted by Gasteiger charge is -2.15. The fourth-order valence-electron chi connectivity index (χ4n) is 3.43. The number of aryl methyl sites for hydroxylation is 1. The number of aromatic nitrogens is 4. The van der Waals surface area contributed by atoms with Gasteiger partial charge in [0, 0.05) is 0 Å². The molecule has 1 amide bonds. The molecule has 3 aromatic rings. The monoisotopic (exact) mass is 399 g/mol. The molecule has 1 aromatic carbocycles. The molecule has 0 aliphatic heterocycles. The normalized spacial score (nSPS) is 14.8. The number of fused-ring (bicyclic) bond motifs is 1. The van der Waals surface area contributed by atoms with Crippen molar-refractivity contribution in [3.63, 3.8) is 0 Å². The topological polar surface area (TPSA) is 91.0 Å². The number of hydrogen-bond donors (Lipinski definition) is 1. The van der Waals surface area contributed by atoms with Gasteiger partial charge in [-0.15, -0.1) is 0 Å². The second-order valence-electron chi connectivity index (χ2n) is 7.31. The van der Waals surface area contributed by atoms with Crippen LogP contribution in [0.25, 0.3) is 10.9 Å². The third kappa shape index (κ3) is 3.59. The second-order valence-corrected chi connectivity index (χ2v) is 7.31. The van der Waals surface area contributed by atoms with Crippen LogP contribution in [-0.4, -0.2) is 32.6 Å². The van der Waals surface area contributed by atoms with Gasteiger partial charge in [0.05, 0.1) is 42.0 Å². The van der Waals surface area contributed by atoms with E-state index in [0.717, 1.165) is 17.5 Å². The molecule has 1 aliphatic carbocycles. The summed E-state index contributed by atoms with van der Waals surface area (Å²) in [6.45, 7) is 3.29. The maximum Gasteiger partial charge on any atom is 0.278 e. The van der Waals surface area contributed by atoms with Gasteiger partial charge in [-0.05, 0) is 44.4 Å². The number of amides is 1. The minimum absolute atomic E-state index is 0.137. The maximum atomic E-state index is 13.9. The number of carbonyl (C=O) groups is 1. The summed E-state index contributed by atoms with van der Waals surface area (Å²) < 4.78 is 21.8. The average Bonchev–Trinajstić information content (AvgIpc) is 3.47. The van der Waals surface area contributed by atoms with E-state index in [0.29, 0.717) is 28.2 Å². The van der Waals surface area contributed by atoms with Crippen molar-refractivity contribution in [2.75, 3.05) is 7.11 Å². The number of carbonyl (C=O) groups excluding carboxylic acids is 1. The summed E-state index contributed by atoms with van der Waals surface area (Å²) in [4.78, 5) is 25.3. The minimum Gasteiger partial charge on any atom is -0.494 e. The molecule has 2 aromatic heterocycles. The van der Waals surface area contributed by atoms with Crippen molar-refractivity contribution in [2.45, 2.75) is 45.3 Å². The number of ether oxygens (including phenoxy) is 1. The highest BCUT2D eigenvalue weighted by Crippen LogP contribution is 2.36. The molecule has 1 fully saturated rings. The molecule has 9 heteroatoms. The number of nitrogens with one attached hydrogen (secondary N) is 1. The molecule has 0 bridgehead atoms. The van der Waals surface area contributed by atoms with Crippen LogP contribution in [-0.2, 0) is 11.3 Å². The molecule has 0 radical (unpaired) electrons. The van der Waals surface area contributed by atoms with Crippen molar-refractivity contribution in [1.29, 1.82) is 0 Å². The second kappa shape index (κ2) is 7.31. The first kappa shape index (κ1) is 19.1. The number of nitrogens with zero attached hydrogens (tertiary/aromatic N) is 4. The molecule has 2 heterocycles. The average molecular weight is 399 g/mol. The van der Waals surface area contributed by atoms with Gasteiger partial charge < -0.3 is 10.1 Å². The van der Waals surface area contributed by atoms with E-state index in [1.54, 1.807) is 26.1 Å². The van der Waals surface area contributed by atoms with Gasteiger partial charge in [0.2, 0.25) is 5.91 Å². The first-order valence-electron chi connectivity index (χ1n) is 9.46. The SMILES string of the molecule is COc1ccc(C(C)NC(=O)Cn2ncc3c(c(C)nn3C3CC3)c2=O)cc1F. The molecule has 152 valence electrons. The Bertz CT molecular complexity index is 1150. The van der Waals surface area contributed by atoms with Crippen molar-refractivity contribution >= 4 is 16.8 Å². The molecule has 1 atom stereocenters. The van der Waals surface area contributed by atoms with Gasteiger partial charge in [0.15, 0.2) is 11.6 Å². The van der Waals surface area contributed by atoms with Gasteiger partial charge in [-0.2, -0.15) is 10.2 Å². The number of hydrogen-bond acceptors (Lipinski definition) is 5. The zero-order chi connectivity index (χ0) is 20.7. The number of halogens is 1. The quantitative estimate of drug-likeness (QED) is 0.687. The van der Waals surface area contributed by atoms with Crippen LogP contribution in [0.15, 0.2) is 29.2 Å². The number of methoxy groups -OCH3 is 1. The molecular formula is C20H22FN5O3. The maximum absolute atomic E-state index is 13.9. The fraction of sp³-hybridized carbons (Fsp3) is 0.400. The molecule has 29 heavy (non-hydrogen) atoms. The van der Waals surface area contributed by atoms with Crippen molar-refractivity contribution < 1.29 is 13.9 Å². The van der Waals surface area contributed by atoms with Gasteiger partial charge in [0.1, 0.15) is 6.54 Å². The predicted octanol–water partition coefficient (Wildman–Crippen LogP) is 2.26. The molecule has 1 saturated carbocycles. The van der Waals surface area contributed by atoms with Crippen LogP contribution >= 0.6 is 0 Å². The van der Waals surface area contributed by atoms with Gasteiger partial charge in [-0.1, -0.05) is 6.07 Å². The summed E-state index contributed by atoms with van der Waals surface area (Å²) >= 11 is 0. The molecule has 8 nitrogen and oxygen atoms in total. The third-order valence-corrected chi connectivity index (χ3v) is 5.13. The number of rotatable bonds is 6. The van der Waals surface area contributed by atoms with E-state index in [9.17, 15) is 14.0 Å². The Labute approximate surface area is 166 Å². The van der Waals surface area contributed by atoms with E-state index >= 15 is 0 Å². The summed E-state index contributed by atoms with van der Waals surface area (Å²) in [6.07, 6.45) is 3.68. The van der Waals surface area contributed by atoms with E-state index in [2.05, 4.69) is 15.5 Å². The van der Waals surface area contributed by atoms with E-state index in [-0.39, 0.29) is 17.9 Å². The summed E-state index contributed by atoms with van der Waals surface area (Å²) in [7, 11) is 1.39. The zero-order valence-corrected chi connectivity index (χ0v) is 16.5.